The molecule has 1 heterocycles. The van der Waals surface area contributed by atoms with Gasteiger partial charge in [-0.25, -0.2) is 0 Å². The van der Waals surface area contributed by atoms with Crippen LogP contribution in [0.15, 0.2) is 52.9 Å². The van der Waals surface area contributed by atoms with Crippen LogP contribution < -0.4 is 15.4 Å². The molecule has 3 rings (SSSR count). The molecule has 2 aromatic carbocycles. The first-order valence-corrected chi connectivity index (χ1v) is 7.32. The van der Waals surface area contributed by atoms with Crippen LogP contribution in [0.25, 0.3) is 11.0 Å². The highest BCUT2D eigenvalue weighted by Crippen LogP contribution is 2.28. The second kappa shape index (κ2) is 6.45. The molecule has 6 nitrogen and oxygen atoms in total. The van der Waals surface area contributed by atoms with Gasteiger partial charge < -0.3 is 19.8 Å². The molecule has 2 amide bonds. The van der Waals surface area contributed by atoms with Crippen LogP contribution in [-0.4, -0.2) is 18.9 Å². The predicted molar refractivity (Wildman–Crippen MR) is 91.5 cm³/mol. The molecular weight excluding hydrogens is 308 g/mol. The third-order valence-electron chi connectivity index (χ3n) is 3.41. The van der Waals surface area contributed by atoms with Gasteiger partial charge in [0.05, 0.1) is 7.11 Å². The van der Waals surface area contributed by atoms with E-state index in [0.717, 1.165) is 5.39 Å². The van der Waals surface area contributed by atoms with Gasteiger partial charge in [-0.1, -0.05) is 12.1 Å². The number of methoxy groups -OCH3 is 1. The van der Waals surface area contributed by atoms with Crippen LogP contribution in [0.1, 0.15) is 17.5 Å². The third-order valence-corrected chi connectivity index (χ3v) is 3.41. The van der Waals surface area contributed by atoms with Gasteiger partial charge in [0.1, 0.15) is 0 Å². The largest absolute Gasteiger partial charge is 0.493 e. The molecule has 0 aliphatic heterocycles. The summed E-state index contributed by atoms with van der Waals surface area (Å²) in [6.45, 7) is 1.44. The first-order chi connectivity index (χ1) is 11.6. The van der Waals surface area contributed by atoms with Gasteiger partial charge in [-0.2, -0.15) is 0 Å². The highest BCUT2D eigenvalue weighted by Gasteiger charge is 2.15. The molecule has 0 spiro atoms. The molecule has 0 aliphatic carbocycles. The lowest BCUT2D eigenvalue weighted by atomic mass is 10.2. The lowest BCUT2D eigenvalue weighted by Crippen LogP contribution is -2.11. The molecule has 3 aromatic rings. The van der Waals surface area contributed by atoms with Gasteiger partial charge in [-0.3, -0.25) is 9.59 Å². The molecule has 0 bridgehead atoms. The van der Waals surface area contributed by atoms with Crippen molar-refractivity contribution in [1.82, 2.24) is 0 Å². The van der Waals surface area contributed by atoms with Gasteiger partial charge in [-0.05, 0) is 36.4 Å². The molecule has 122 valence electrons. The van der Waals surface area contributed by atoms with Crippen molar-refractivity contribution in [2.24, 2.45) is 0 Å². The minimum atomic E-state index is -0.361. The van der Waals surface area contributed by atoms with Crippen LogP contribution in [0.5, 0.6) is 5.75 Å². The van der Waals surface area contributed by atoms with E-state index in [-0.39, 0.29) is 17.6 Å². The Bertz CT molecular complexity index is 897. The summed E-state index contributed by atoms with van der Waals surface area (Å²) in [6.07, 6.45) is 0. The average Bonchev–Trinajstić information content (AvgIpc) is 3.00. The number of fused-ring (bicyclic) bond motifs is 1. The summed E-state index contributed by atoms with van der Waals surface area (Å²) in [5.74, 6) is 0.259. The van der Waals surface area contributed by atoms with Crippen LogP contribution in [0.2, 0.25) is 0 Å². The maximum Gasteiger partial charge on any atom is 0.291 e. The smallest absolute Gasteiger partial charge is 0.291 e. The molecule has 0 saturated carbocycles. The van der Waals surface area contributed by atoms with E-state index in [1.165, 1.54) is 6.92 Å². The topological polar surface area (TPSA) is 80.6 Å². The number of amides is 2. The number of hydrogen-bond acceptors (Lipinski definition) is 4. The van der Waals surface area contributed by atoms with E-state index < -0.39 is 0 Å². The molecule has 24 heavy (non-hydrogen) atoms. The number of hydrogen-bond donors (Lipinski definition) is 2. The minimum absolute atomic E-state index is 0.150. The van der Waals surface area contributed by atoms with E-state index in [1.54, 1.807) is 43.5 Å². The van der Waals surface area contributed by atoms with Crippen molar-refractivity contribution in [3.05, 3.63) is 54.3 Å². The van der Waals surface area contributed by atoms with Crippen LogP contribution in [0, 0.1) is 0 Å². The van der Waals surface area contributed by atoms with Crippen molar-refractivity contribution in [2.75, 3.05) is 17.7 Å². The Morgan fingerprint density at radius 1 is 1.00 bits per heavy atom. The summed E-state index contributed by atoms with van der Waals surface area (Å²) in [4.78, 5) is 23.3. The van der Waals surface area contributed by atoms with Crippen LogP contribution in [0.3, 0.4) is 0 Å². The lowest BCUT2D eigenvalue weighted by Gasteiger charge is -2.05. The summed E-state index contributed by atoms with van der Waals surface area (Å²) < 4.78 is 10.8. The third kappa shape index (κ3) is 3.22. The first kappa shape index (κ1) is 15.6. The molecule has 2 N–H and O–H groups in total. The summed E-state index contributed by atoms with van der Waals surface area (Å²) in [6, 6.07) is 13.9. The molecule has 0 radical (unpaired) electrons. The number of ether oxygens (including phenoxy) is 1. The van der Waals surface area contributed by atoms with E-state index in [0.29, 0.717) is 22.7 Å². The minimum Gasteiger partial charge on any atom is -0.493 e. The van der Waals surface area contributed by atoms with E-state index in [1.807, 2.05) is 12.1 Å². The number of carbonyl (C=O) groups is 2. The van der Waals surface area contributed by atoms with E-state index in [9.17, 15) is 9.59 Å². The lowest BCUT2D eigenvalue weighted by molar-refractivity contribution is -0.114. The number of furan rings is 1. The molecule has 0 fully saturated rings. The second-order valence-electron chi connectivity index (χ2n) is 5.20. The van der Waals surface area contributed by atoms with Crippen molar-refractivity contribution in [3.8, 4) is 5.75 Å². The van der Waals surface area contributed by atoms with Crippen molar-refractivity contribution >= 4 is 34.2 Å². The highest BCUT2D eigenvalue weighted by molar-refractivity contribution is 6.05. The Kier molecular flexibility index (Phi) is 4.20. The van der Waals surface area contributed by atoms with E-state index in [2.05, 4.69) is 10.6 Å². The normalized spacial score (nSPS) is 10.4. The van der Waals surface area contributed by atoms with Crippen LogP contribution in [-0.2, 0) is 4.79 Å². The summed E-state index contributed by atoms with van der Waals surface area (Å²) in [5.41, 5.74) is 1.79. The fourth-order valence-electron chi connectivity index (χ4n) is 2.34. The molecule has 0 aliphatic rings. The monoisotopic (exact) mass is 324 g/mol. The Morgan fingerprint density at radius 2 is 1.67 bits per heavy atom. The van der Waals surface area contributed by atoms with Crippen LogP contribution in [0.4, 0.5) is 11.4 Å². The number of anilines is 2. The Balaban J connectivity index is 1.78. The molecule has 1 aromatic heterocycles. The zero-order chi connectivity index (χ0) is 17.1. The van der Waals surface area contributed by atoms with Gasteiger partial charge in [0.15, 0.2) is 17.1 Å². The highest BCUT2D eigenvalue weighted by atomic mass is 16.5. The van der Waals surface area contributed by atoms with Gasteiger partial charge in [-0.15, -0.1) is 0 Å². The Labute approximate surface area is 138 Å². The SMILES string of the molecule is COc1cccc2cc(C(=O)Nc3ccc(NC(C)=O)cc3)oc12. The van der Waals surface area contributed by atoms with Crippen molar-refractivity contribution in [3.63, 3.8) is 0 Å². The number of para-hydroxylation sites is 1. The van der Waals surface area contributed by atoms with Crippen molar-refractivity contribution < 1.29 is 18.7 Å². The van der Waals surface area contributed by atoms with Gasteiger partial charge in [0, 0.05) is 23.7 Å². The second-order valence-corrected chi connectivity index (χ2v) is 5.20. The maximum atomic E-state index is 12.3. The van der Waals surface area contributed by atoms with Crippen LogP contribution >= 0.6 is 0 Å². The van der Waals surface area contributed by atoms with E-state index >= 15 is 0 Å². The molecule has 0 unspecified atom stereocenters. The van der Waals surface area contributed by atoms with Gasteiger partial charge in [0.25, 0.3) is 5.91 Å². The van der Waals surface area contributed by atoms with Crippen molar-refractivity contribution in [1.29, 1.82) is 0 Å². The molecular formula is C18H16N2O4. The predicted octanol–water partition coefficient (Wildman–Crippen LogP) is 3.65. The number of carbonyl (C=O) groups excluding carboxylic acids is 2. The molecule has 6 heteroatoms. The maximum absolute atomic E-state index is 12.3. The fraction of sp³-hybridized carbons (Fsp3) is 0.111. The number of rotatable bonds is 4. The number of nitrogens with one attached hydrogen (secondary N) is 2. The summed E-state index contributed by atoms with van der Waals surface area (Å²) >= 11 is 0. The van der Waals surface area contributed by atoms with Gasteiger partial charge in [0.2, 0.25) is 5.91 Å². The zero-order valence-corrected chi connectivity index (χ0v) is 13.3. The quantitative estimate of drug-likeness (QED) is 0.767. The number of benzene rings is 2. The molecule has 0 saturated heterocycles. The van der Waals surface area contributed by atoms with Gasteiger partial charge >= 0.3 is 0 Å². The Hall–Kier alpha value is -3.28. The standard InChI is InChI=1S/C18H16N2O4/c1-11(21)19-13-6-8-14(9-7-13)20-18(22)16-10-12-4-3-5-15(23-2)17(12)24-16/h3-10H,1-2H3,(H,19,21)(H,20,22). The van der Waals surface area contributed by atoms with Crippen molar-refractivity contribution in [2.45, 2.75) is 6.92 Å². The average molecular weight is 324 g/mol. The Morgan fingerprint density at radius 3 is 2.29 bits per heavy atom. The fourth-order valence-corrected chi connectivity index (χ4v) is 2.34. The summed E-state index contributed by atoms with van der Waals surface area (Å²) in [7, 11) is 1.55. The zero-order valence-electron chi connectivity index (χ0n) is 13.3. The molecule has 0 atom stereocenters. The first-order valence-electron chi connectivity index (χ1n) is 7.32. The summed E-state index contributed by atoms with van der Waals surface area (Å²) in [5, 5.41) is 6.21. The van der Waals surface area contributed by atoms with E-state index in [4.69, 9.17) is 9.15 Å².